The number of amides is 1. The Kier molecular flexibility index (Phi) is 8.05. The number of halogens is 5. The molecule has 6 rings (SSSR count). The van der Waals surface area contributed by atoms with E-state index < -0.39 is 41.8 Å². The Bertz CT molecular complexity index is 1510. The van der Waals surface area contributed by atoms with E-state index in [4.69, 9.17) is 9.90 Å². The molecule has 0 saturated heterocycles. The van der Waals surface area contributed by atoms with E-state index in [0.29, 0.717) is 28.6 Å². The Morgan fingerprint density at radius 2 is 1.88 bits per heavy atom. The minimum absolute atomic E-state index is 0.0279. The molecule has 1 aromatic heterocycles. The lowest BCUT2D eigenvalue weighted by molar-refractivity contribution is -0.138. The van der Waals surface area contributed by atoms with Gasteiger partial charge in [0.05, 0.1) is 12.1 Å². The van der Waals surface area contributed by atoms with Crippen molar-refractivity contribution in [3.63, 3.8) is 0 Å². The van der Waals surface area contributed by atoms with Crippen molar-refractivity contribution in [1.82, 2.24) is 20.1 Å². The minimum Gasteiger partial charge on any atom is -0.483 e. The van der Waals surface area contributed by atoms with Gasteiger partial charge in [0.2, 0.25) is 5.92 Å². The van der Waals surface area contributed by atoms with Gasteiger partial charge in [-0.3, -0.25) is 9.59 Å². The van der Waals surface area contributed by atoms with E-state index in [-0.39, 0.29) is 43.2 Å². The number of anilines is 1. The lowest BCUT2D eigenvalue weighted by Gasteiger charge is -2.48. The summed E-state index contributed by atoms with van der Waals surface area (Å²) in [7, 11) is 1.74. The largest absolute Gasteiger partial charge is 0.483 e. The average Bonchev–Trinajstić information content (AvgIpc) is 3.63. The number of alkyl halides is 5. The molecule has 0 spiro atoms. The monoisotopic (exact) mass is 605 g/mol. The molecule has 2 aromatic carbocycles. The maximum absolute atomic E-state index is 14.2. The van der Waals surface area contributed by atoms with E-state index in [0.717, 1.165) is 18.9 Å². The van der Waals surface area contributed by atoms with Crippen LogP contribution in [0.5, 0.6) is 0 Å². The molecule has 3 aromatic rings. The van der Waals surface area contributed by atoms with Crippen molar-refractivity contribution in [3.05, 3.63) is 76.4 Å². The highest BCUT2D eigenvalue weighted by Gasteiger charge is 2.57. The molecule has 1 amide bonds. The van der Waals surface area contributed by atoms with E-state index in [1.807, 2.05) is 6.92 Å². The van der Waals surface area contributed by atoms with Gasteiger partial charge in [-0.05, 0) is 66.6 Å². The molecule has 2 fully saturated rings. The van der Waals surface area contributed by atoms with Crippen molar-refractivity contribution < 1.29 is 36.6 Å². The molecule has 43 heavy (non-hydrogen) atoms. The lowest BCUT2D eigenvalue weighted by atomic mass is 9.60. The van der Waals surface area contributed by atoms with Gasteiger partial charge in [-0.2, -0.15) is 13.2 Å². The smallest absolute Gasteiger partial charge is 0.416 e. The summed E-state index contributed by atoms with van der Waals surface area (Å²) >= 11 is 0. The van der Waals surface area contributed by atoms with Crippen LogP contribution in [0.3, 0.4) is 0 Å². The maximum atomic E-state index is 14.2. The van der Waals surface area contributed by atoms with Crippen LogP contribution in [0.1, 0.15) is 71.0 Å². The summed E-state index contributed by atoms with van der Waals surface area (Å²) in [6.07, 6.45) is -1.46. The van der Waals surface area contributed by atoms with Crippen molar-refractivity contribution in [1.29, 1.82) is 0 Å². The van der Waals surface area contributed by atoms with Crippen LogP contribution in [0.25, 0.3) is 0 Å². The normalized spacial score (nSPS) is 19.2. The first-order valence-electron chi connectivity index (χ1n) is 13.9. The van der Waals surface area contributed by atoms with Gasteiger partial charge in [0.1, 0.15) is 12.2 Å². The number of fused-ring (bicyclic) bond motifs is 1. The molecule has 3 aliphatic rings. The van der Waals surface area contributed by atoms with Crippen LogP contribution in [0, 0.1) is 5.92 Å². The van der Waals surface area contributed by atoms with E-state index in [1.54, 1.807) is 41.9 Å². The fourth-order valence-electron chi connectivity index (χ4n) is 6.22. The Balaban J connectivity index is 0.00000118. The van der Waals surface area contributed by atoms with Crippen LogP contribution >= 0.6 is 0 Å². The number of nitrogens with one attached hydrogen (secondary N) is 1. The topological polar surface area (TPSA) is 100 Å². The molecule has 0 bridgehead atoms. The van der Waals surface area contributed by atoms with Crippen LogP contribution in [0.2, 0.25) is 0 Å². The second-order valence-electron chi connectivity index (χ2n) is 11.7. The van der Waals surface area contributed by atoms with Crippen molar-refractivity contribution in [2.75, 3.05) is 4.90 Å². The summed E-state index contributed by atoms with van der Waals surface area (Å²) in [5.74, 6) is -2.28. The minimum atomic E-state index is -4.63. The number of hydrogen-bond acceptors (Lipinski definition) is 5. The van der Waals surface area contributed by atoms with Gasteiger partial charge < -0.3 is 19.9 Å². The first-order valence-corrected chi connectivity index (χ1v) is 13.9. The zero-order chi connectivity index (χ0) is 31.2. The molecule has 2 aliphatic carbocycles. The molecule has 230 valence electrons. The highest BCUT2D eigenvalue weighted by atomic mass is 19.4. The summed E-state index contributed by atoms with van der Waals surface area (Å²) in [5.41, 5.74) is -0.401. The highest BCUT2D eigenvalue weighted by Crippen LogP contribution is 2.55. The number of hydrogen-bond donors (Lipinski definition) is 2. The summed E-state index contributed by atoms with van der Waals surface area (Å²) in [4.78, 5) is 23.2. The van der Waals surface area contributed by atoms with E-state index in [9.17, 15) is 26.7 Å². The van der Waals surface area contributed by atoms with Gasteiger partial charge in [0.15, 0.2) is 0 Å². The SMILES string of the molecule is CC(NCc1cc2c(c(C(F)(F)F)c1)CN(c1cccc(C3(Cc4nncn4C)CC(F)(F)C3)c1)C2=O)C1CC1.O=CO. The zero-order valence-electron chi connectivity index (χ0n) is 23.7. The van der Waals surface area contributed by atoms with Crippen LogP contribution in [0.4, 0.5) is 27.6 Å². The molecule has 1 atom stereocenters. The van der Waals surface area contributed by atoms with E-state index in [2.05, 4.69) is 15.5 Å². The average molecular weight is 606 g/mol. The number of rotatable bonds is 8. The molecular weight excluding hydrogens is 573 g/mol. The predicted molar refractivity (Wildman–Crippen MR) is 147 cm³/mol. The summed E-state index contributed by atoms with van der Waals surface area (Å²) in [5, 5.41) is 18.1. The summed E-state index contributed by atoms with van der Waals surface area (Å²) < 4.78 is 72.6. The van der Waals surface area contributed by atoms with Crippen LogP contribution in [0.15, 0.2) is 42.7 Å². The molecule has 0 radical (unpaired) electrons. The molecule has 8 nitrogen and oxygen atoms in total. The van der Waals surface area contributed by atoms with Gasteiger partial charge in [-0.25, -0.2) is 8.78 Å². The van der Waals surface area contributed by atoms with Gasteiger partial charge in [-0.1, -0.05) is 12.1 Å². The molecule has 1 unspecified atom stereocenters. The first kappa shape index (κ1) is 30.6. The number of benzene rings is 2. The Labute approximate surface area is 244 Å². The van der Waals surface area contributed by atoms with Crippen molar-refractivity contribution in [2.45, 2.75) is 75.7 Å². The molecule has 2 N–H and O–H groups in total. The van der Waals surface area contributed by atoms with Gasteiger partial charge in [-0.15, -0.1) is 10.2 Å². The van der Waals surface area contributed by atoms with Crippen LogP contribution < -0.4 is 10.2 Å². The zero-order valence-corrected chi connectivity index (χ0v) is 23.7. The Morgan fingerprint density at radius 1 is 1.19 bits per heavy atom. The second kappa shape index (κ2) is 11.3. The van der Waals surface area contributed by atoms with Gasteiger partial charge in [0, 0.05) is 55.6 Å². The van der Waals surface area contributed by atoms with Crippen LogP contribution in [-0.2, 0) is 42.9 Å². The summed E-state index contributed by atoms with van der Waals surface area (Å²) in [6, 6.07) is 9.54. The molecule has 1 aliphatic heterocycles. The van der Waals surface area contributed by atoms with Crippen molar-refractivity contribution in [2.24, 2.45) is 13.0 Å². The fraction of sp³-hybridized carbons (Fsp3) is 0.467. The van der Waals surface area contributed by atoms with Crippen LogP contribution in [-0.4, -0.2) is 44.2 Å². The third kappa shape index (κ3) is 6.27. The number of carboxylic acid groups (broad SMARTS) is 1. The number of carbonyl (C=O) groups is 2. The number of carbonyl (C=O) groups excluding carboxylic acids is 1. The highest BCUT2D eigenvalue weighted by molar-refractivity contribution is 6.10. The molecule has 2 heterocycles. The molecular formula is C30H32F5N5O3. The quantitative estimate of drug-likeness (QED) is 0.260. The van der Waals surface area contributed by atoms with Gasteiger partial charge >= 0.3 is 6.18 Å². The van der Waals surface area contributed by atoms with Gasteiger partial charge in [0.25, 0.3) is 12.4 Å². The predicted octanol–water partition coefficient (Wildman–Crippen LogP) is 5.49. The number of aromatic nitrogens is 3. The van der Waals surface area contributed by atoms with Crippen molar-refractivity contribution in [3.8, 4) is 0 Å². The first-order chi connectivity index (χ1) is 20.3. The second-order valence-corrected chi connectivity index (χ2v) is 11.7. The maximum Gasteiger partial charge on any atom is 0.416 e. The van der Waals surface area contributed by atoms with E-state index >= 15 is 0 Å². The third-order valence-electron chi connectivity index (χ3n) is 8.63. The molecule has 2 saturated carbocycles. The fourth-order valence-corrected chi connectivity index (χ4v) is 6.22. The molecule has 13 heteroatoms. The third-order valence-corrected chi connectivity index (χ3v) is 8.63. The van der Waals surface area contributed by atoms with Crippen molar-refractivity contribution >= 4 is 18.1 Å². The standard InChI is InChI=1S/C29H30F5N5O.CH2O2/c1-17(19-6-7-19)35-12-18-8-22-23(24(9-18)29(32,33)34)13-39(26(22)40)21-5-3-4-20(10-21)27(14-28(30,31)15-27)11-25-37-36-16-38(25)2;2-1-3/h3-5,8-10,16-17,19,35H,6-7,11-15H2,1-2H3;1H,(H,2,3). The Hall–Kier alpha value is -3.87. The number of aryl methyl sites for hydroxylation is 1. The number of nitrogens with zero attached hydrogens (tertiary/aromatic N) is 4. The summed E-state index contributed by atoms with van der Waals surface area (Å²) in [6.45, 7) is 1.76. The lowest BCUT2D eigenvalue weighted by Crippen LogP contribution is -2.51. The van der Waals surface area contributed by atoms with E-state index in [1.165, 1.54) is 11.2 Å². The Morgan fingerprint density at radius 3 is 2.47 bits per heavy atom.